The molecule has 3 atom stereocenters. The van der Waals surface area contributed by atoms with Crippen molar-refractivity contribution in [3.05, 3.63) is 0 Å². The molecule has 0 radical (unpaired) electrons. The molecule has 0 aromatic heterocycles. The molecular weight excluding hydrogens is 220 g/mol. The van der Waals surface area contributed by atoms with Gasteiger partial charge in [0.1, 0.15) is 0 Å². The average molecular weight is 256 g/mol. The second kappa shape index (κ2) is 12.0. The van der Waals surface area contributed by atoms with Gasteiger partial charge < -0.3 is 4.74 Å². The standard InChI is InChI=1S/C17H36O/c1-6-10-12-14-16(9-4)17(18-5)15(8-3)13-11-7-2/h15-17H,6-14H2,1-5H3. The van der Waals surface area contributed by atoms with Crippen LogP contribution in [0.2, 0.25) is 0 Å². The average Bonchev–Trinajstić information content (AvgIpc) is 2.41. The van der Waals surface area contributed by atoms with Crippen LogP contribution in [0.4, 0.5) is 0 Å². The van der Waals surface area contributed by atoms with Gasteiger partial charge in [-0.25, -0.2) is 0 Å². The number of hydrogen-bond donors (Lipinski definition) is 0. The Morgan fingerprint density at radius 3 is 1.61 bits per heavy atom. The predicted octanol–water partition coefficient (Wildman–Crippen LogP) is 5.82. The van der Waals surface area contributed by atoms with E-state index < -0.39 is 0 Å². The van der Waals surface area contributed by atoms with Gasteiger partial charge in [-0.15, -0.1) is 0 Å². The highest BCUT2D eigenvalue weighted by molar-refractivity contribution is 4.77. The van der Waals surface area contributed by atoms with Crippen molar-refractivity contribution >= 4 is 0 Å². The normalized spacial score (nSPS) is 16.5. The fourth-order valence-corrected chi connectivity index (χ4v) is 3.09. The Balaban J connectivity index is 4.35. The Morgan fingerprint density at radius 1 is 0.722 bits per heavy atom. The van der Waals surface area contributed by atoms with Gasteiger partial charge in [-0.2, -0.15) is 0 Å². The first-order chi connectivity index (χ1) is 8.74. The molecule has 0 aliphatic heterocycles. The van der Waals surface area contributed by atoms with E-state index in [4.69, 9.17) is 4.74 Å². The molecule has 0 bridgehead atoms. The molecule has 0 aromatic rings. The zero-order chi connectivity index (χ0) is 13.8. The zero-order valence-electron chi connectivity index (χ0n) is 13.5. The first-order valence-corrected chi connectivity index (χ1v) is 8.27. The summed E-state index contributed by atoms with van der Waals surface area (Å²) < 4.78 is 5.88. The smallest absolute Gasteiger partial charge is 0.0627 e. The van der Waals surface area contributed by atoms with E-state index in [1.807, 2.05) is 7.11 Å². The summed E-state index contributed by atoms with van der Waals surface area (Å²) >= 11 is 0. The Kier molecular flexibility index (Phi) is 12.0. The largest absolute Gasteiger partial charge is 0.381 e. The summed E-state index contributed by atoms with van der Waals surface area (Å²) in [5.41, 5.74) is 0. The maximum absolute atomic E-state index is 5.88. The van der Waals surface area contributed by atoms with Crippen LogP contribution in [-0.2, 0) is 4.74 Å². The van der Waals surface area contributed by atoms with Crippen molar-refractivity contribution in [2.24, 2.45) is 11.8 Å². The molecule has 0 aliphatic carbocycles. The third-order valence-electron chi connectivity index (χ3n) is 4.36. The van der Waals surface area contributed by atoms with Gasteiger partial charge in [-0.1, -0.05) is 72.6 Å². The van der Waals surface area contributed by atoms with Crippen LogP contribution in [0.3, 0.4) is 0 Å². The van der Waals surface area contributed by atoms with E-state index >= 15 is 0 Å². The molecule has 0 aromatic carbocycles. The minimum Gasteiger partial charge on any atom is -0.381 e. The van der Waals surface area contributed by atoms with Gasteiger partial charge >= 0.3 is 0 Å². The van der Waals surface area contributed by atoms with Crippen LogP contribution in [0.5, 0.6) is 0 Å². The Labute approximate surface area is 116 Å². The molecule has 0 rings (SSSR count). The van der Waals surface area contributed by atoms with Gasteiger partial charge in [0.05, 0.1) is 6.10 Å². The molecule has 0 saturated heterocycles. The van der Waals surface area contributed by atoms with Crippen molar-refractivity contribution in [1.82, 2.24) is 0 Å². The monoisotopic (exact) mass is 256 g/mol. The Hall–Kier alpha value is -0.0400. The van der Waals surface area contributed by atoms with Crippen LogP contribution >= 0.6 is 0 Å². The topological polar surface area (TPSA) is 9.23 Å². The highest BCUT2D eigenvalue weighted by Gasteiger charge is 2.26. The summed E-state index contributed by atoms with van der Waals surface area (Å²) in [6.45, 7) is 9.22. The van der Waals surface area contributed by atoms with Gasteiger partial charge in [-0.05, 0) is 24.7 Å². The highest BCUT2D eigenvalue weighted by atomic mass is 16.5. The van der Waals surface area contributed by atoms with Crippen LogP contribution in [0.15, 0.2) is 0 Å². The van der Waals surface area contributed by atoms with E-state index in [0.29, 0.717) is 6.10 Å². The highest BCUT2D eigenvalue weighted by Crippen LogP contribution is 2.29. The second-order valence-electron chi connectivity index (χ2n) is 5.67. The minimum atomic E-state index is 0.489. The van der Waals surface area contributed by atoms with E-state index in [1.165, 1.54) is 57.8 Å². The third-order valence-corrected chi connectivity index (χ3v) is 4.36. The van der Waals surface area contributed by atoms with Crippen molar-refractivity contribution in [3.63, 3.8) is 0 Å². The fraction of sp³-hybridized carbons (Fsp3) is 1.00. The number of unbranched alkanes of at least 4 members (excludes halogenated alkanes) is 3. The minimum absolute atomic E-state index is 0.489. The molecule has 110 valence electrons. The van der Waals surface area contributed by atoms with Crippen LogP contribution < -0.4 is 0 Å². The summed E-state index contributed by atoms with van der Waals surface area (Å²) in [5.74, 6) is 1.53. The van der Waals surface area contributed by atoms with Crippen molar-refractivity contribution in [2.75, 3.05) is 7.11 Å². The van der Waals surface area contributed by atoms with Crippen molar-refractivity contribution < 1.29 is 4.74 Å². The van der Waals surface area contributed by atoms with Crippen molar-refractivity contribution in [1.29, 1.82) is 0 Å². The summed E-state index contributed by atoms with van der Waals surface area (Å²) in [6, 6.07) is 0. The van der Waals surface area contributed by atoms with Crippen LogP contribution in [-0.4, -0.2) is 13.2 Å². The van der Waals surface area contributed by atoms with Gasteiger partial charge in [0.2, 0.25) is 0 Å². The molecule has 0 saturated carbocycles. The number of hydrogen-bond acceptors (Lipinski definition) is 1. The van der Waals surface area contributed by atoms with Crippen LogP contribution in [0.1, 0.15) is 85.5 Å². The lowest BCUT2D eigenvalue weighted by Crippen LogP contribution is -2.31. The predicted molar refractivity (Wildman–Crippen MR) is 82.0 cm³/mol. The molecule has 18 heavy (non-hydrogen) atoms. The maximum Gasteiger partial charge on any atom is 0.0627 e. The molecule has 0 fully saturated rings. The van der Waals surface area contributed by atoms with Crippen LogP contribution in [0, 0.1) is 11.8 Å². The van der Waals surface area contributed by atoms with E-state index in [9.17, 15) is 0 Å². The van der Waals surface area contributed by atoms with Crippen molar-refractivity contribution in [3.8, 4) is 0 Å². The molecule has 1 nitrogen and oxygen atoms in total. The summed E-state index contributed by atoms with van der Waals surface area (Å²) in [5, 5.41) is 0. The van der Waals surface area contributed by atoms with E-state index in [-0.39, 0.29) is 0 Å². The van der Waals surface area contributed by atoms with E-state index in [0.717, 1.165) is 11.8 Å². The lowest BCUT2D eigenvalue weighted by atomic mass is 9.81. The lowest BCUT2D eigenvalue weighted by Gasteiger charge is -2.32. The second-order valence-corrected chi connectivity index (χ2v) is 5.67. The van der Waals surface area contributed by atoms with Gasteiger partial charge in [0.15, 0.2) is 0 Å². The van der Waals surface area contributed by atoms with Gasteiger partial charge in [-0.3, -0.25) is 0 Å². The zero-order valence-corrected chi connectivity index (χ0v) is 13.5. The van der Waals surface area contributed by atoms with Crippen LogP contribution in [0.25, 0.3) is 0 Å². The SMILES string of the molecule is CCCCCC(CC)C(OC)C(CC)CCCC. The number of methoxy groups -OCH3 is 1. The lowest BCUT2D eigenvalue weighted by molar-refractivity contribution is -0.00435. The fourth-order valence-electron chi connectivity index (χ4n) is 3.09. The molecule has 0 heterocycles. The summed E-state index contributed by atoms with van der Waals surface area (Å²) in [4.78, 5) is 0. The van der Waals surface area contributed by atoms with Crippen molar-refractivity contribution in [2.45, 2.75) is 91.6 Å². The van der Waals surface area contributed by atoms with E-state index in [2.05, 4.69) is 27.7 Å². The third kappa shape index (κ3) is 6.78. The number of rotatable bonds is 12. The quantitative estimate of drug-likeness (QED) is 0.399. The van der Waals surface area contributed by atoms with Gasteiger partial charge in [0.25, 0.3) is 0 Å². The Bertz CT molecular complexity index is 167. The molecular formula is C17H36O. The molecule has 0 spiro atoms. The number of ether oxygens (including phenoxy) is 1. The molecule has 1 heteroatoms. The Morgan fingerprint density at radius 2 is 1.22 bits per heavy atom. The molecule has 0 amide bonds. The first kappa shape index (κ1) is 18.0. The molecule has 0 N–H and O–H groups in total. The van der Waals surface area contributed by atoms with Gasteiger partial charge in [0, 0.05) is 7.11 Å². The summed E-state index contributed by atoms with van der Waals surface area (Å²) in [6.07, 6.45) is 12.4. The molecule has 3 unspecified atom stereocenters. The van der Waals surface area contributed by atoms with E-state index in [1.54, 1.807) is 0 Å². The maximum atomic E-state index is 5.88. The summed E-state index contributed by atoms with van der Waals surface area (Å²) in [7, 11) is 1.92. The first-order valence-electron chi connectivity index (χ1n) is 8.27. The molecule has 0 aliphatic rings.